The van der Waals surface area contributed by atoms with Crippen molar-refractivity contribution in [3.63, 3.8) is 0 Å². The topological polar surface area (TPSA) is 75.2 Å². The molecule has 0 bridgehead atoms. The highest BCUT2D eigenvalue weighted by atomic mass is 16.5. The first-order valence-corrected chi connectivity index (χ1v) is 11.0. The molecule has 0 fully saturated rings. The molecule has 2 rings (SSSR count). The molecule has 2 aromatic carbocycles. The molecule has 0 heterocycles. The van der Waals surface area contributed by atoms with Crippen molar-refractivity contribution in [2.75, 3.05) is 39.7 Å². The monoisotopic (exact) mass is 440 g/mol. The Morgan fingerprint density at radius 2 is 1.69 bits per heavy atom. The van der Waals surface area contributed by atoms with E-state index in [0.29, 0.717) is 6.54 Å². The van der Waals surface area contributed by atoms with E-state index in [9.17, 15) is 4.79 Å². The van der Waals surface area contributed by atoms with E-state index < -0.39 is 0 Å². The number of hydrogen-bond donors (Lipinski definition) is 2. The van der Waals surface area contributed by atoms with Crippen molar-refractivity contribution < 1.29 is 14.3 Å². The molecule has 0 aliphatic heterocycles. The molecular formula is C25H36N4O3. The molecule has 0 aliphatic carbocycles. The largest absolute Gasteiger partial charge is 0.493 e. The average molecular weight is 441 g/mol. The lowest BCUT2D eigenvalue weighted by Gasteiger charge is -2.22. The van der Waals surface area contributed by atoms with Crippen LogP contribution in [0, 0.1) is 5.92 Å². The molecule has 1 amide bonds. The van der Waals surface area contributed by atoms with Crippen LogP contribution in [0.5, 0.6) is 11.5 Å². The van der Waals surface area contributed by atoms with Gasteiger partial charge in [0.05, 0.1) is 20.8 Å². The Hall–Kier alpha value is -3.22. The molecule has 0 saturated heterocycles. The molecule has 0 saturated carbocycles. The van der Waals surface area contributed by atoms with Gasteiger partial charge >= 0.3 is 0 Å². The third-order valence-corrected chi connectivity index (χ3v) is 5.04. The number of benzene rings is 2. The van der Waals surface area contributed by atoms with Crippen molar-refractivity contribution in [2.24, 2.45) is 10.9 Å². The lowest BCUT2D eigenvalue weighted by Crippen LogP contribution is -2.39. The van der Waals surface area contributed by atoms with Crippen LogP contribution >= 0.6 is 0 Å². The Balaban J connectivity index is 1.98. The first kappa shape index (κ1) is 25.0. The van der Waals surface area contributed by atoms with Gasteiger partial charge in [0, 0.05) is 31.7 Å². The predicted molar refractivity (Wildman–Crippen MR) is 131 cm³/mol. The number of likely N-dealkylation sites (N-methyl/N-ethyl adjacent to an activating group) is 1. The minimum atomic E-state index is -0.0449. The van der Waals surface area contributed by atoms with Gasteiger partial charge in [0.15, 0.2) is 17.5 Å². The number of methoxy groups -OCH3 is 2. The highest BCUT2D eigenvalue weighted by Gasteiger charge is 2.09. The van der Waals surface area contributed by atoms with Gasteiger partial charge in [0.25, 0.3) is 0 Å². The average Bonchev–Trinajstić information content (AvgIpc) is 2.80. The summed E-state index contributed by atoms with van der Waals surface area (Å²) in [7, 11) is 5.32. The van der Waals surface area contributed by atoms with Gasteiger partial charge < -0.3 is 25.0 Å². The van der Waals surface area contributed by atoms with E-state index in [1.807, 2.05) is 57.3 Å². The van der Waals surface area contributed by atoms with Gasteiger partial charge in [-0.2, -0.15) is 0 Å². The fourth-order valence-electron chi connectivity index (χ4n) is 3.05. The smallest absolute Gasteiger partial charge is 0.226 e. The quantitative estimate of drug-likeness (QED) is 0.432. The van der Waals surface area contributed by atoms with E-state index in [4.69, 9.17) is 14.5 Å². The number of hydrogen-bond acceptors (Lipinski definition) is 4. The maximum atomic E-state index is 11.8. The number of guanidine groups is 1. The lowest BCUT2D eigenvalue weighted by atomic mass is 10.1. The van der Waals surface area contributed by atoms with Crippen LogP contribution < -0.4 is 20.1 Å². The van der Waals surface area contributed by atoms with Crippen molar-refractivity contribution in [1.29, 1.82) is 0 Å². The second-order valence-electron chi connectivity index (χ2n) is 7.87. The molecular weight excluding hydrogens is 404 g/mol. The zero-order valence-electron chi connectivity index (χ0n) is 20.1. The number of carbonyl (C=O) groups is 1. The van der Waals surface area contributed by atoms with Crippen LogP contribution in [0.25, 0.3) is 0 Å². The second kappa shape index (κ2) is 12.6. The van der Waals surface area contributed by atoms with Crippen molar-refractivity contribution in [2.45, 2.75) is 33.7 Å². The van der Waals surface area contributed by atoms with Gasteiger partial charge in [-0.15, -0.1) is 0 Å². The zero-order chi connectivity index (χ0) is 23.5. The number of aliphatic imine (C=N–C) groups is 1. The highest BCUT2D eigenvalue weighted by molar-refractivity contribution is 5.92. The summed E-state index contributed by atoms with van der Waals surface area (Å²) in [5.41, 5.74) is 3.05. The van der Waals surface area contributed by atoms with Gasteiger partial charge in [0.2, 0.25) is 5.91 Å². The third-order valence-electron chi connectivity index (χ3n) is 5.04. The number of rotatable bonds is 10. The molecule has 2 aromatic rings. The van der Waals surface area contributed by atoms with Gasteiger partial charge in [-0.25, -0.2) is 4.99 Å². The van der Waals surface area contributed by atoms with Crippen LogP contribution in [-0.4, -0.2) is 51.1 Å². The zero-order valence-corrected chi connectivity index (χ0v) is 20.1. The SMILES string of the molecule is CCNC(=NCc1ccc(NC(=O)C(C)C)cc1)N(C)CCc1ccc(OC)c(OC)c1. The summed E-state index contributed by atoms with van der Waals surface area (Å²) >= 11 is 0. The van der Waals surface area contributed by atoms with E-state index in [1.54, 1.807) is 14.2 Å². The Kier molecular flexibility index (Phi) is 9.85. The molecule has 0 aromatic heterocycles. The molecule has 0 radical (unpaired) electrons. The van der Waals surface area contributed by atoms with Gasteiger partial charge in [0.1, 0.15) is 0 Å². The summed E-state index contributed by atoms with van der Waals surface area (Å²) < 4.78 is 10.7. The Morgan fingerprint density at radius 3 is 2.28 bits per heavy atom. The lowest BCUT2D eigenvalue weighted by molar-refractivity contribution is -0.118. The number of amides is 1. The minimum absolute atomic E-state index is 0.0151. The number of nitrogens with one attached hydrogen (secondary N) is 2. The predicted octanol–water partition coefficient (Wildman–Crippen LogP) is 3.94. The summed E-state index contributed by atoms with van der Waals surface area (Å²) in [6.45, 7) is 7.97. The summed E-state index contributed by atoms with van der Waals surface area (Å²) in [5.74, 6) is 2.29. The standard InChI is InChI=1S/C25H36N4O3/c1-7-26-25(27-17-20-8-11-21(12-9-20)28-24(30)18(2)3)29(4)15-14-19-10-13-22(31-5)23(16-19)32-6/h8-13,16,18H,7,14-15,17H2,1-6H3,(H,26,27)(H,28,30). The van der Waals surface area contributed by atoms with Gasteiger partial charge in [-0.1, -0.05) is 32.0 Å². The van der Waals surface area contributed by atoms with Crippen LogP contribution in [0.2, 0.25) is 0 Å². The van der Waals surface area contributed by atoms with Crippen LogP contribution in [0.15, 0.2) is 47.5 Å². The molecule has 7 nitrogen and oxygen atoms in total. The first-order chi connectivity index (χ1) is 15.4. The Bertz CT molecular complexity index is 895. The molecule has 7 heteroatoms. The highest BCUT2D eigenvalue weighted by Crippen LogP contribution is 2.27. The van der Waals surface area contributed by atoms with Crippen molar-refractivity contribution in [1.82, 2.24) is 10.2 Å². The maximum Gasteiger partial charge on any atom is 0.226 e. The van der Waals surface area contributed by atoms with Crippen molar-refractivity contribution in [3.05, 3.63) is 53.6 Å². The number of anilines is 1. The summed E-state index contributed by atoms with van der Waals surface area (Å²) in [5, 5.41) is 6.26. The van der Waals surface area contributed by atoms with Crippen molar-refractivity contribution >= 4 is 17.6 Å². The molecule has 0 atom stereocenters. The second-order valence-corrected chi connectivity index (χ2v) is 7.87. The molecule has 32 heavy (non-hydrogen) atoms. The summed E-state index contributed by atoms with van der Waals surface area (Å²) in [6, 6.07) is 13.8. The van der Waals surface area contributed by atoms with E-state index in [2.05, 4.69) is 28.5 Å². The molecule has 0 unspecified atom stereocenters. The van der Waals surface area contributed by atoms with Crippen LogP contribution in [0.3, 0.4) is 0 Å². The third kappa shape index (κ3) is 7.48. The normalized spacial score (nSPS) is 11.3. The van der Waals surface area contributed by atoms with E-state index in [-0.39, 0.29) is 11.8 Å². The van der Waals surface area contributed by atoms with Crippen LogP contribution in [0.1, 0.15) is 31.9 Å². The van der Waals surface area contributed by atoms with Crippen LogP contribution in [0.4, 0.5) is 5.69 Å². The van der Waals surface area contributed by atoms with Crippen molar-refractivity contribution in [3.8, 4) is 11.5 Å². The van der Waals surface area contributed by atoms with E-state index in [0.717, 1.165) is 48.2 Å². The van der Waals surface area contributed by atoms with Gasteiger partial charge in [-0.3, -0.25) is 4.79 Å². The Labute approximate surface area is 191 Å². The number of ether oxygens (including phenoxy) is 2. The fourth-order valence-corrected chi connectivity index (χ4v) is 3.05. The van der Waals surface area contributed by atoms with Crippen LogP contribution in [-0.2, 0) is 17.8 Å². The summed E-state index contributed by atoms with van der Waals surface area (Å²) in [6.07, 6.45) is 0.853. The fraction of sp³-hybridized carbons (Fsp3) is 0.440. The molecule has 2 N–H and O–H groups in total. The molecule has 0 spiro atoms. The first-order valence-electron chi connectivity index (χ1n) is 11.0. The van der Waals surface area contributed by atoms with E-state index >= 15 is 0 Å². The minimum Gasteiger partial charge on any atom is -0.493 e. The molecule has 0 aliphatic rings. The summed E-state index contributed by atoms with van der Waals surface area (Å²) in [4.78, 5) is 18.7. The number of carbonyl (C=O) groups excluding carboxylic acids is 1. The Morgan fingerprint density at radius 1 is 1.03 bits per heavy atom. The van der Waals surface area contributed by atoms with E-state index in [1.165, 1.54) is 5.56 Å². The van der Waals surface area contributed by atoms with Gasteiger partial charge in [-0.05, 0) is 48.7 Å². The maximum absolute atomic E-state index is 11.8. The number of nitrogens with zero attached hydrogens (tertiary/aromatic N) is 2. The molecule has 174 valence electrons.